The van der Waals surface area contributed by atoms with Gasteiger partial charge in [-0.2, -0.15) is 0 Å². The molecule has 2 aromatic carbocycles. The van der Waals surface area contributed by atoms with Gasteiger partial charge in [0.25, 0.3) is 0 Å². The zero-order chi connectivity index (χ0) is 20.1. The van der Waals surface area contributed by atoms with Crippen LogP contribution in [-0.4, -0.2) is 21.6 Å². The predicted molar refractivity (Wildman–Crippen MR) is 105 cm³/mol. The van der Waals surface area contributed by atoms with Crippen molar-refractivity contribution in [2.45, 2.75) is 24.7 Å². The molecule has 28 heavy (non-hydrogen) atoms. The van der Waals surface area contributed by atoms with E-state index in [4.69, 9.17) is 19.0 Å². The first kappa shape index (κ1) is 19.9. The molecule has 0 atom stereocenters. The minimum Gasteiger partial charge on any atom is -0.490 e. The van der Waals surface area contributed by atoms with Gasteiger partial charge in [-0.1, -0.05) is 13.3 Å². The number of benzene rings is 2. The Labute approximate surface area is 162 Å². The Morgan fingerprint density at radius 2 is 1.61 bits per heavy atom. The molecule has 0 saturated carbocycles. The van der Waals surface area contributed by atoms with Crippen molar-refractivity contribution in [1.82, 2.24) is 0 Å². The quantitative estimate of drug-likeness (QED) is 0.458. The van der Waals surface area contributed by atoms with Crippen molar-refractivity contribution in [3.63, 3.8) is 0 Å². The fourth-order valence-corrected chi connectivity index (χ4v) is 3.34. The van der Waals surface area contributed by atoms with Crippen LogP contribution < -0.4 is 20.2 Å². The second-order valence-electron chi connectivity index (χ2n) is 6.21. The number of primary sulfonamides is 1. The number of nitrogens with two attached hydrogens (primary N) is 1. The maximum Gasteiger partial charge on any atom is 0.336 e. The third kappa shape index (κ3) is 4.90. The zero-order valence-electron chi connectivity index (χ0n) is 15.4. The van der Waals surface area contributed by atoms with E-state index in [-0.39, 0.29) is 23.7 Å². The highest BCUT2D eigenvalue weighted by atomic mass is 32.2. The number of sulfonamides is 1. The van der Waals surface area contributed by atoms with E-state index in [9.17, 15) is 13.2 Å². The highest BCUT2D eigenvalue weighted by Gasteiger charge is 2.08. The predicted octanol–water partition coefficient (Wildman–Crippen LogP) is 2.85. The first-order chi connectivity index (χ1) is 13.4. The summed E-state index contributed by atoms with van der Waals surface area (Å²) >= 11 is 0. The first-order valence-electron chi connectivity index (χ1n) is 8.82. The molecule has 0 spiro atoms. The number of fused-ring (bicyclic) bond motifs is 1. The van der Waals surface area contributed by atoms with E-state index in [1.165, 1.54) is 30.3 Å². The summed E-state index contributed by atoms with van der Waals surface area (Å²) in [6.45, 7) is 2.58. The Morgan fingerprint density at radius 1 is 0.964 bits per heavy atom. The van der Waals surface area contributed by atoms with Gasteiger partial charge in [0.15, 0.2) is 0 Å². The number of hydrogen-bond acceptors (Lipinski definition) is 6. The van der Waals surface area contributed by atoms with Gasteiger partial charge in [0.2, 0.25) is 10.0 Å². The summed E-state index contributed by atoms with van der Waals surface area (Å²) in [6, 6.07) is 12.7. The van der Waals surface area contributed by atoms with Gasteiger partial charge in [0, 0.05) is 17.5 Å². The first-order valence-corrected chi connectivity index (χ1v) is 10.4. The van der Waals surface area contributed by atoms with Crippen molar-refractivity contribution < 1.29 is 22.3 Å². The average Bonchev–Trinajstić information content (AvgIpc) is 2.65. The van der Waals surface area contributed by atoms with Crippen molar-refractivity contribution in [3.05, 3.63) is 64.5 Å². The number of aryl methyl sites for hydroxylation is 1. The van der Waals surface area contributed by atoms with E-state index >= 15 is 0 Å². The molecule has 3 aromatic rings. The van der Waals surface area contributed by atoms with Crippen LogP contribution in [0.15, 0.2) is 62.6 Å². The van der Waals surface area contributed by atoms with Gasteiger partial charge < -0.3 is 13.9 Å². The molecule has 7 nitrogen and oxygen atoms in total. The third-order valence-corrected chi connectivity index (χ3v) is 5.02. The Hall–Kier alpha value is -2.84. The van der Waals surface area contributed by atoms with Crippen LogP contribution >= 0.6 is 0 Å². The van der Waals surface area contributed by atoms with Crippen molar-refractivity contribution >= 4 is 21.0 Å². The van der Waals surface area contributed by atoms with Gasteiger partial charge in [-0.05, 0) is 48.4 Å². The topological polar surface area (TPSA) is 109 Å². The van der Waals surface area contributed by atoms with Crippen LogP contribution in [0.3, 0.4) is 0 Å². The highest BCUT2D eigenvalue weighted by molar-refractivity contribution is 7.89. The molecule has 3 rings (SSSR count). The molecule has 2 N–H and O–H groups in total. The molecule has 1 heterocycles. The van der Waals surface area contributed by atoms with Gasteiger partial charge in [-0.15, -0.1) is 0 Å². The lowest BCUT2D eigenvalue weighted by Gasteiger charge is -2.10. The Morgan fingerprint density at radius 3 is 2.25 bits per heavy atom. The van der Waals surface area contributed by atoms with Gasteiger partial charge in [0.1, 0.15) is 30.3 Å². The molecule has 8 heteroatoms. The normalized spacial score (nSPS) is 11.5. The summed E-state index contributed by atoms with van der Waals surface area (Å²) < 4.78 is 38.9. The minimum absolute atomic E-state index is 0.0243. The summed E-state index contributed by atoms with van der Waals surface area (Å²) in [7, 11) is -3.72. The standard InChI is InChI=1S/C20H21NO6S/c1-2-3-14-12-20(22)27-19-13-16(6-9-18(14)19)26-11-10-25-15-4-7-17(8-5-15)28(21,23)24/h4-9,12-13H,2-3,10-11H2,1H3,(H2,21,23,24). The number of rotatable bonds is 8. The Balaban J connectivity index is 1.60. The molecule has 0 amide bonds. The summed E-state index contributed by atoms with van der Waals surface area (Å²) in [4.78, 5) is 11.7. The summed E-state index contributed by atoms with van der Waals surface area (Å²) in [5.74, 6) is 1.07. The van der Waals surface area contributed by atoms with Crippen LogP contribution in [0.2, 0.25) is 0 Å². The van der Waals surface area contributed by atoms with Crippen LogP contribution in [0, 0.1) is 0 Å². The second kappa shape index (κ2) is 8.45. The highest BCUT2D eigenvalue weighted by Crippen LogP contribution is 2.23. The van der Waals surface area contributed by atoms with Crippen molar-refractivity contribution in [3.8, 4) is 11.5 Å². The molecule has 0 aliphatic rings. The van der Waals surface area contributed by atoms with Crippen LogP contribution in [0.5, 0.6) is 11.5 Å². The van der Waals surface area contributed by atoms with E-state index in [1.807, 2.05) is 12.1 Å². The van der Waals surface area contributed by atoms with Crippen molar-refractivity contribution in [2.75, 3.05) is 13.2 Å². The minimum atomic E-state index is -3.72. The van der Waals surface area contributed by atoms with Gasteiger partial charge in [-0.25, -0.2) is 18.4 Å². The monoisotopic (exact) mass is 403 g/mol. The van der Waals surface area contributed by atoms with E-state index < -0.39 is 10.0 Å². The van der Waals surface area contributed by atoms with Crippen LogP contribution in [0.4, 0.5) is 0 Å². The molecule has 0 radical (unpaired) electrons. The van der Waals surface area contributed by atoms with E-state index in [0.29, 0.717) is 17.1 Å². The van der Waals surface area contributed by atoms with E-state index in [1.54, 1.807) is 6.07 Å². The smallest absolute Gasteiger partial charge is 0.336 e. The van der Waals surface area contributed by atoms with Crippen LogP contribution in [0.1, 0.15) is 18.9 Å². The molecule has 0 aliphatic carbocycles. The average molecular weight is 403 g/mol. The Kier molecular flexibility index (Phi) is 6.01. The SMILES string of the molecule is CCCc1cc(=O)oc2cc(OCCOc3ccc(S(N)(=O)=O)cc3)ccc12. The molecule has 0 unspecified atom stereocenters. The summed E-state index contributed by atoms with van der Waals surface area (Å²) in [5, 5.41) is 5.95. The number of ether oxygens (including phenoxy) is 2. The fraction of sp³-hybridized carbons (Fsp3) is 0.250. The van der Waals surface area contributed by atoms with Gasteiger partial charge >= 0.3 is 5.63 Å². The molecule has 0 aliphatic heterocycles. The molecule has 0 fully saturated rings. The van der Waals surface area contributed by atoms with E-state index in [0.717, 1.165) is 23.8 Å². The van der Waals surface area contributed by atoms with Gasteiger partial charge in [0.05, 0.1) is 4.90 Å². The maximum atomic E-state index is 11.7. The molecule has 148 valence electrons. The Bertz CT molecular complexity index is 1120. The zero-order valence-corrected chi connectivity index (χ0v) is 16.2. The van der Waals surface area contributed by atoms with E-state index in [2.05, 4.69) is 6.92 Å². The molecule has 0 bridgehead atoms. The number of hydrogen-bond donors (Lipinski definition) is 1. The lowest BCUT2D eigenvalue weighted by molar-refractivity contribution is 0.217. The largest absolute Gasteiger partial charge is 0.490 e. The van der Waals surface area contributed by atoms with Crippen molar-refractivity contribution in [2.24, 2.45) is 5.14 Å². The summed E-state index contributed by atoms with van der Waals surface area (Å²) in [6.07, 6.45) is 1.74. The van der Waals surface area contributed by atoms with Crippen molar-refractivity contribution in [1.29, 1.82) is 0 Å². The second-order valence-corrected chi connectivity index (χ2v) is 7.77. The lowest BCUT2D eigenvalue weighted by Crippen LogP contribution is -2.12. The maximum absolute atomic E-state index is 11.7. The fourth-order valence-electron chi connectivity index (χ4n) is 2.82. The van der Waals surface area contributed by atoms with Crippen LogP contribution in [-0.2, 0) is 16.4 Å². The van der Waals surface area contributed by atoms with Crippen LogP contribution in [0.25, 0.3) is 11.0 Å². The third-order valence-electron chi connectivity index (χ3n) is 4.09. The lowest BCUT2D eigenvalue weighted by atomic mass is 10.1. The summed E-state index contributed by atoms with van der Waals surface area (Å²) in [5.41, 5.74) is 1.08. The molecule has 0 saturated heterocycles. The molecular formula is C20H21NO6S. The van der Waals surface area contributed by atoms with Gasteiger partial charge in [-0.3, -0.25) is 0 Å². The molecular weight excluding hydrogens is 382 g/mol. The molecule has 1 aromatic heterocycles.